The summed E-state index contributed by atoms with van der Waals surface area (Å²) in [5.74, 6) is -0.283. The minimum absolute atomic E-state index is 0.0237. The number of ketones is 1. The lowest BCUT2D eigenvalue weighted by molar-refractivity contribution is -0.132. The second kappa shape index (κ2) is 11.7. The molecule has 1 amide bonds. The first-order valence-corrected chi connectivity index (χ1v) is 14.3. The van der Waals surface area contributed by atoms with E-state index >= 15 is 0 Å². The molecule has 0 aliphatic carbocycles. The lowest BCUT2D eigenvalue weighted by Gasteiger charge is -2.24. The fraction of sp³-hybridized carbons (Fsp3) is 0.258. The summed E-state index contributed by atoms with van der Waals surface area (Å²) in [5.41, 5.74) is 1.63. The molecule has 40 heavy (non-hydrogen) atoms. The third kappa shape index (κ3) is 5.42. The molecule has 3 aromatic carbocycles. The lowest BCUT2D eigenvalue weighted by Crippen LogP contribution is -2.29. The maximum absolute atomic E-state index is 13.6. The number of carbonyl (C=O) groups is 2. The van der Waals surface area contributed by atoms with Crippen LogP contribution in [-0.2, 0) is 9.59 Å². The molecule has 1 unspecified atom stereocenters. The van der Waals surface area contributed by atoms with Gasteiger partial charge in [0, 0.05) is 10.6 Å². The summed E-state index contributed by atoms with van der Waals surface area (Å²) in [5, 5.41) is 12.2. The Morgan fingerprint density at radius 3 is 2.55 bits per heavy atom. The van der Waals surface area contributed by atoms with Gasteiger partial charge in [-0.15, -0.1) is 0 Å². The van der Waals surface area contributed by atoms with E-state index in [2.05, 4.69) is 18.8 Å². The summed E-state index contributed by atoms with van der Waals surface area (Å²) >= 11 is 7.44. The second-order valence-electron chi connectivity index (χ2n) is 9.81. The van der Waals surface area contributed by atoms with Crippen LogP contribution in [0.25, 0.3) is 16.0 Å². The number of Topliss-reactive ketones (excluding diaryl/α,β-unsaturated/α-hetero) is 1. The third-order valence-corrected chi connectivity index (χ3v) is 7.83. The van der Waals surface area contributed by atoms with E-state index in [9.17, 15) is 14.7 Å². The first-order chi connectivity index (χ1) is 19.3. The van der Waals surface area contributed by atoms with Crippen LogP contribution in [0.1, 0.15) is 44.4 Å². The van der Waals surface area contributed by atoms with Gasteiger partial charge in [-0.3, -0.25) is 14.5 Å². The van der Waals surface area contributed by atoms with Gasteiger partial charge >= 0.3 is 5.91 Å². The predicted octanol–water partition coefficient (Wildman–Crippen LogP) is 7.40. The van der Waals surface area contributed by atoms with Crippen molar-refractivity contribution in [3.8, 4) is 11.5 Å². The largest absolute Gasteiger partial charge is 0.507 e. The molecule has 0 bridgehead atoms. The van der Waals surface area contributed by atoms with Gasteiger partial charge in [-0.1, -0.05) is 73.2 Å². The standard InChI is InChI=1S/C31H29ClN2O5S/c1-4-38-24-16-20(10-13-23(24)39-15-14-18(2)3)27-26(28(35)19-8-6-5-7-9-19)29(36)30(37)34(27)31-33-22-12-11-21(32)17-25(22)40-31/h5-13,16-18,27,35H,4,14-15H2,1-3H3. The predicted molar refractivity (Wildman–Crippen MR) is 158 cm³/mol. The summed E-state index contributed by atoms with van der Waals surface area (Å²) in [6, 6.07) is 18.4. The van der Waals surface area contributed by atoms with Crippen molar-refractivity contribution in [2.45, 2.75) is 33.2 Å². The molecule has 0 saturated carbocycles. The number of halogens is 1. The van der Waals surface area contributed by atoms with Crippen LogP contribution in [0.4, 0.5) is 5.13 Å². The number of hydrogen-bond acceptors (Lipinski definition) is 7. The van der Waals surface area contributed by atoms with Crippen molar-refractivity contribution in [2.24, 2.45) is 5.92 Å². The number of hydrogen-bond donors (Lipinski definition) is 1. The average molecular weight is 577 g/mol. The van der Waals surface area contributed by atoms with Crippen molar-refractivity contribution in [3.05, 3.63) is 88.5 Å². The molecule has 206 valence electrons. The summed E-state index contributed by atoms with van der Waals surface area (Å²) in [6.45, 7) is 7.05. The number of anilines is 1. The van der Waals surface area contributed by atoms with E-state index in [1.54, 1.807) is 60.7 Å². The molecular formula is C31H29ClN2O5S. The highest BCUT2D eigenvalue weighted by molar-refractivity contribution is 7.22. The normalized spacial score (nSPS) is 16.7. The van der Waals surface area contributed by atoms with Gasteiger partial charge in [-0.2, -0.15) is 0 Å². The lowest BCUT2D eigenvalue weighted by atomic mass is 9.95. The average Bonchev–Trinajstić information content (AvgIpc) is 3.47. The van der Waals surface area contributed by atoms with E-state index in [1.807, 2.05) is 13.0 Å². The molecule has 1 aromatic heterocycles. The zero-order chi connectivity index (χ0) is 28.4. The van der Waals surface area contributed by atoms with Crippen LogP contribution in [0.15, 0.2) is 72.3 Å². The number of ether oxygens (including phenoxy) is 2. The maximum Gasteiger partial charge on any atom is 0.301 e. The number of rotatable bonds is 9. The number of carbonyl (C=O) groups excluding carboxylic acids is 2. The van der Waals surface area contributed by atoms with E-state index in [0.29, 0.717) is 57.4 Å². The molecule has 0 radical (unpaired) electrons. The third-order valence-electron chi connectivity index (χ3n) is 6.57. The molecule has 4 aromatic rings. The number of aliphatic hydroxyl groups is 1. The number of amides is 1. The Bertz CT molecular complexity index is 1600. The van der Waals surface area contributed by atoms with Crippen molar-refractivity contribution >= 4 is 55.7 Å². The number of aromatic nitrogens is 1. The minimum Gasteiger partial charge on any atom is -0.507 e. The highest BCUT2D eigenvalue weighted by Gasteiger charge is 2.48. The van der Waals surface area contributed by atoms with Gasteiger partial charge in [0.1, 0.15) is 5.76 Å². The van der Waals surface area contributed by atoms with Crippen molar-refractivity contribution < 1.29 is 24.2 Å². The number of aliphatic hydroxyl groups excluding tert-OH is 1. The van der Waals surface area contributed by atoms with Gasteiger partial charge < -0.3 is 14.6 Å². The van der Waals surface area contributed by atoms with Gasteiger partial charge in [-0.05, 0) is 55.2 Å². The SMILES string of the molecule is CCOc1cc(C2C(=C(O)c3ccccc3)C(=O)C(=O)N2c2nc3ccc(Cl)cc3s2)ccc1OCCC(C)C. The molecule has 1 atom stereocenters. The van der Waals surface area contributed by atoms with Gasteiger partial charge in [0.15, 0.2) is 16.6 Å². The molecule has 1 aliphatic heterocycles. The van der Waals surface area contributed by atoms with Crippen LogP contribution >= 0.6 is 22.9 Å². The Morgan fingerprint density at radius 2 is 1.82 bits per heavy atom. The topological polar surface area (TPSA) is 89.0 Å². The van der Waals surface area contributed by atoms with Gasteiger partial charge in [0.05, 0.1) is 35.0 Å². The van der Waals surface area contributed by atoms with Crippen LogP contribution in [0.3, 0.4) is 0 Å². The van der Waals surface area contributed by atoms with Gasteiger partial charge in [0.2, 0.25) is 0 Å². The first kappa shape index (κ1) is 27.7. The smallest absolute Gasteiger partial charge is 0.301 e. The van der Waals surface area contributed by atoms with E-state index in [1.165, 1.54) is 16.2 Å². The Labute approximate surface area is 241 Å². The van der Waals surface area contributed by atoms with Crippen molar-refractivity contribution in [2.75, 3.05) is 18.1 Å². The summed E-state index contributed by atoms with van der Waals surface area (Å²) in [4.78, 5) is 33.1. The Morgan fingerprint density at radius 1 is 1.05 bits per heavy atom. The molecule has 1 saturated heterocycles. The van der Waals surface area contributed by atoms with Crippen molar-refractivity contribution in [1.29, 1.82) is 0 Å². The molecule has 7 nitrogen and oxygen atoms in total. The van der Waals surface area contributed by atoms with Gasteiger partial charge in [-0.25, -0.2) is 4.98 Å². The fourth-order valence-corrected chi connectivity index (χ4v) is 5.84. The molecule has 1 fully saturated rings. The molecule has 1 aliphatic rings. The monoisotopic (exact) mass is 576 g/mol. The first-order valence-electron chi connectivity index (χ1n) is 13.1. The number of nitrogens with zero attached hydrogens (tertiary/aromatic N) is 2. The van der Waals surface area contributed by atoms with E-state index in [-0.39, 0.29) is 11.3 Å². The zero-order valence-electron chi connectivity index (χ0n) is 22.4. The Hall–Kier alpha value is -3.88. The van der Waals surface area contributed by atoms with Gasteiger partial charge in [0.25, 0.3) is 5.78 Å². The van der Waals surface area contributed by atoms with Crippen molar-refractivity contribution in [1.82, 2.24) is 4.98 Å². The molecular weight excluding hydrogens is 548 g/mol. The van der Waals surface area contributed by atoms with Crippen molar-refractivity contribution in [3.63, 3.8) is 0 Å². The molecule has 9 heteroatoms. The second-order valence-corrected chi connectivity index (χ2v) is 11.3. The highest BCUT2D eigenvalue weighted by atomic mass is 35.5. The summed E-state index contributed by atoms with van der Waals surface area (Å²) < 4.78 is 12.7. The fourth-order valence-electron chi connectivity index (χ4n) is 4.57. The van der Waals surface area contributed by atoms with Crippen LogP contribution in [0, 0.1) is 5.92 Å². The quantitative estimate of drug-likeness (QED) is 0.127. The Kier molecular flexibility index (Phi) is 8.09. The van der Waals surface area contributed by atoms with Crippen LogP contribution in [0.2, 0.25) is 5.02 Å². The number of thiazole rings is 1. The summed E-state index contributed by atoms with van der Waals surface area (Å²) in [6.07, 6.45) is 0.881. The van der Waals surface area contributed by atoms with Crippen LogP contribution in [-0.4, -0.2) is 35.0 Å². The molecule has 0 spiro atoms. The molecule has 5 rings (SSSR count). The maximum atomic E-state index is 13.6. The van der Waals surface area contributed by atoms with E-state index in [0.717, 1.165) is 11.1 Å². The Balaban J connectivity index is 1.66. The van der Waals surface area contributed by atoms with E-state index in [4.69, 9.17) is 21.1 Å². The molecule has 1 N–H and O–H groups in total. The van der Waals surface area contributed by atoms with E-state index < -0.39 is 17.7 Å². The number of benzene rings is 3. The highest BCUT2D eigenvalue weighted by Crippen LogP contribution is 2.46. The van der Waals surface area contributed by atoms with Crippen LogP contribution < -0.4 is 14.4 Å². The summed E-state index contributed by atoms with van der Waals surface area (Å²) in [7, 11) is 0. The van der Waals surface area contributed by atoms with Crippen LogP contribution in [0.5, 0.6) is 11.5 Å². The molecule has 2 heterocycles. The number of fused-ring (bicyclic) bond motifs is 1. The minimum atomic E-state index is -0.944. The zero-order valence-corrected chi connectivity index (χ0v) is 24.0.